The van der Waals surface area contributed by atoms with Gasteiger partial charge < -0.3 is 10.1 Å². The lowest BCUT2D eigenvalue weighted by atomic mass is 10.1. The number of rotatable bonds is 6. The van der Waals surface area contributed by atoms with E-state index in [0.29, 0.717) is 18.2 Å². The van der Waals surface area contributed by atoms with Crippen LogP contribution in [-0.4, -0.2) is 19.3 Å². The van der Waals surface area contributed by atoms with E-state index < -0.39 is 0 Å². The number of hydrogen-bond donors (Lipinski definition) is 1. The molecule has 1 aromatic carbocycles. The van der Waals surface area contributed by atoms with Crippen molar-refractivity contribution in [1.29, 1.82) is 0 Å². The van der Waals surface area contributed by atoms with Gasteiger partial charge in [-0.25, -0.2) is 4.39 Å². The van der Waals surface area contributed by atoms with E-state index in [1.54, 1.807) is 6.07 Å². The van der Waals surface area contributed by atoms with E-state index in [4.69, 9.17) is 16.3 Å². The lowest BCUT2D eigenvalue weighted by Gasteiger charge is -2.21. The van der Waals surface area contributed by atoms with Crippen LogP contribution < -0.4 is 5.32 Å². The van der Waals surface area contributed by atoms with Crippen molar-refractivity contribution in [3.05, 3.63) is 34.6 Å². The molecule has 1 aromatic rings. The molecule has 1 N–H and O–H groups in total. The van der Waals surface area contributed by atoms with Gasteiger partial charge in [0.2, 0.25) is 0 Å². The summed E-state index contributed by atoms with van der Waals surface area (Å²) >= 11 is 6.00. The van der Waals surface area contributed by atoms with Gasteiger partial charge in [0.05, 0.1) is 6.61 Å². The molecular weight excluding hydrogens is 241 g/mol. The van der Waals surface area contributed by atoms with Gasteiger partial charge in [-0.15, -0.1) is 0 Å². The van der Waals surface area contributed by atoms with E-state index in [9.17, 15) is 4.39 Å². The molecule has 0 saturated heterocycles. The summed E-state index contributed by atoms with van der Waals surface area (Å²) < 4.78 is 18.2. The molecule has 0 aromatic heterocycles. The van der Waals surface area contributed by atoms with Crippen LogP contribution in [-0.2, 0) is 4.74 Å². The summed E-state index contributed by atoms with van der Waals surface area (Å²) in [6.45, 7) is 7.37. The highest BCUT2D eigenvalue weighted by Crippen LogP contribution is 2.23. The molecule has 2 atom stereocenters. The number of nitrogens with one attached hydrogen (secondary N) is 1. The summed E-state index contributed by atoms with van der Waals surface area (Å²) in [5, 5.41) is 3.81. The van der Waals surface area contributed by atoms with Gasteiger partial charge in [0.1, 0.15) is 5.82 Å². The Morgan fingerprint density at radius 1 is 1.41 bits per heavy atom. The Morgan fingerprint density at radius 2 is 2.12 bits per heavy atom. The molecule has 4 heteroatoms. The summed E-state index contributed by atoms with van der Waals surface area (Å²) in [6, 6.07) is 4.77. The molecule has 0 saturated carbocycles. The van der Waals surface area contributed by atoms with Gasteiger partial charge in [0.25, 0.3) is 0 Å². The molecule has 0 aliphatic rings. The minimum absolute atomic E-state index is 0.0681. The number of benzene rings is 1. The fourth-order valence-electron chi connectivity index (χ4n) is 1.71. The molecule has 0 aliphatic carbocycles. The fourth-order valence-corrected chi connectivity index (χ4v) is 2.04. The highest BCUT2D eigenvalue weighted by molar-refractivity contribution is 6.31. The molecule has 2 unspecified atom stereocenters. The minimum Gasteiger partial charge on any atom is -0.380 e. The van der Waals surface area contributed by atoms with Gasteiger partial charge in [-0.2, -0.15) is 0 Å². The summed E-state index contributed by atoms with van der Waals surface area (Å²) in [5.74, 6) is -0.312. The van der Waals surface area contributed by atoms with E-state index >= 15 is 0 Å². The van der Waals surface area contributed by atoms with Crippen LogP contribution in [0.2, 0.25) is 5.02 Å². The van der Waals surface area contributed by atoms with Gasteiger partial charge >= 0.3 is 0 Å². The van der Waals surface area contributed by atoms with Crippen LogP contribution in [0.4, 0.5) is 4.39 Å². The monoisotopic (exact) mass is 259 g/mol. The molecule has 1 rings (SSSR count). The van der Waals surface area contributed by atoms with Crippen molar-refractivity contribution in [1.82, 2.24) is 5.32 Å². The van der Waals surface area contributed by atoms with E-state index in [1.807, 2.05) is 20.8 Å². The van der Waals surface area contributed by atoms with E-state index in [0.717, 1.165) is 5.56 Å². The first-order valence-corrected chi connectivity index (χ1v) is 6.21. The first-order chi connectivity index (χ1) is 8.04. The third-order valence-electron chi connectivity index (χ3n) is 2.54. The van der Waals surface area contributed by atoms with Crippen molar-refractivity contribution in [2.75, 3.05) is 13.2 Å². The molecule has 0 amide bonds. The normalized spacial score (nSPS) is 14.6. The second-order valence-electron chi connectivity index (χ2n) is 4.11. The maximum absolute atomic E-state index is 12.9. The molecular formula is C13H19ClFNO. The van der Waals surface area contributed by atoms with E-state index in [2.05, 4.69) is 5.32 Å². The molecule has 17 heavy (non-hydrogen) atoms. The van der Waals surface area contributed by atoms with E-state index in [-0.39, 0.29) is 17.9 Å². The van der Waals surface area contributed by atoms with Gasteiger partial charge in [-0.3, -0.25) is 0 Å². The lowest BCUT2D eigenvalue weighted by molar-refractivity contribution is 0.124. The zero-order chi connectivity index (χ0) is 12.8. The maximum Gasteiger partial charge on any atom is 0.124 e. The predicted octanol–water partition coefficient (Wildman–Crippen LogP) is 3.55. The van der Waals surface area contributed by atoms with Crippen LogP contribution in [0.5, 0.6) is 0 Å². The van der Waals surface area contributed by atoms with Gasteiger partial charge in [-0.05, 0) is 38.5 Å². The average Bonchev–Trinajstić information content (AvgIpc) is 2.26. The smallest absolute Gasteiger partial charge is 0.124 e. The molecule has 0 aliphatic heterocycles. The number of halogens is 2. The van der Waals surface area contributed by atoms with Crippen LogP contribution in [0.3, 0.4) is 0 Å². The quantitative estimate of drug-likeness (QED) is 0.844. The SMILES string of the molecule is CCOCC(C)NC(C)c1ccc(F)cc1Cl. The second-order valence-corrected chi connectivity index (χ2v) is 4.52. The third kappa shape index (κ3) is 4.62. The Bertz CT molecular complexity index is 359. The van der Waals surface area contributed by atoms with Crippen molar-refractivity contribution >= 4 is 11.6 Å². The predicted molar refractivity (Wildman–Crippen MR) is 68.9 cm³/mol. The Labute approximate surface area is 107 Å². The molecule has 0 radical (unpaired) electrons. The Hall–Kier alpha value is -0.640. The summed E-state index contributed by atoms with van der Waals surface area (Å²) in [4.78, 5) is 0. The van der Waals surface area contributed by atoms with E-state index in [1.165, 1.54) is 12.1 Å². The molecule has 0 heterocycles. The van der Waals surface area contributed by atoms with Crippen molar-refractivity contribution in [3.63, 3.8) is 0 Å². The average molecular weight is 260 g/mol. The number of hydrogen-bond acceptors (Lipinski definition) is 2. The van der Waals surface area contributed by atoms with Gasteiger partial charge in [-0.1, -0.05) is 17.7 Å². The fraction of sp³-hybridized carbons (Fsp3) is 0.538. The zero-order valence-corrected chi connectivity index (χ0v) is 11.2. The van der Waals surface area contributed by atoms with Crippen molar-refractivity contribution in [2.24, 2.45) is 0 Å². The van der Waals surface area contributed by atoms with Crippen LogP contribution >= 0.6 is 11.6 Å². The topological polar surface area (TPSA) is 21.3 Å². The highest BCUT2D eigenvalue weighted by Gasteiger charge is 2.12. The van der Waals surface area contributed by atoms with Crippen LogP contribution in [0.25, 0.3) is 0 Å². The maximum atomic E-state index is 12.9. The molecule has 96 valence electrons. The molecule has 0 fully saturated rings. The first-order valence-electron chi connectivity index (χ1n) is 5.83. The summed E-state index contributed by atoms with van der Waals surface area (Å²) in [6.07, 6.45) is 0. The Morgan fingerprint density at radius 3 is 2.71 bits per heavy atom. The summed E-state index contributed by atoms with van der Waals surface area (Å²) in [5.41, 5.74) is 0.899. The Kier molecular flexibility index (Phi) is 5.89. The van der Waals surface area contributed by atoms with Crippen LogP contribution in [0.15, 0.2) is 18.2 Å². The van der Waals surface area contributed by atoms with Gasteiger partial charge in [0, 0.05) is 23.7 Å². The largest absolute Gasteiger partial charge is 0.380 e. The number of ether oxygens (including phenoxy) is 1. The Balaban J connectivity index is 2.60. The van der Waals surface area contributed by atoms with Crippen LogP contribution in [0, 0.1) is 5.82 Å². The first kappa shape index (κ1) is 14.4. The molecule has 2 nitrogen and oxygen atoms in total. The zero-order valence-electron chi connectivity index (χ0n) is 10.5. The third-order valence-corrected chi connectivity index (χ3v) is 2.86. The summed E-state index contributed by atoms with van der Waals surface area (Å²) in [7, 11) is 0. The van der Waals surface area contributed by atoms with Crippen molar-refractivity contribution in [2.45, 2.75) is 32.9 Å². The molecule has 0 bridgehead atoms. The highest BCUT2D eigenvalue weighted by atomic mass is 35.5. The van der Waals surface area contributed by atoms with Gasteiger partial charge in [0.15, 0.2) is 0 Å². The van der Waals surface area contributed by atoms with Crippen molar-refractivity contribution in [3.8, 4) is 0 Å². The van der Waals surface area contributed by atoms with Crippen LogP contribution in [0.1, 0.15) is 32.4 Å². The minimum atomic E-state index is -0.312. The van der Waals surface area contributed by atoms with Crippen molar-refractivity contribution < 1.29 is 9.13 Å². The second kappa shape index (κ2) is 6.94. The lowest BCUT2D eigenvalue weighted by Crippen LogP contribution is -2.33. The molecule has 0 spiro atoms. The standard InChI is InChI=1S/C13H19ClFNO/c1-4-17-8-9(2)16-10(3)12-6-5-11(15)7-13(12)14/h5-7,9-10,16H,4,8H2,1-3H3.